The van der Waals surface area contributed by atoms with E-state index in [-0.39, 0.29) is 18.1 Å². The average Bonchev–Trinajstić information content (AvgIpc) is 3.39. The van der Waals surface area contributed by atoms with Crippen molar-refractivity contribution in [1.29, 1.82) is 0 Å². The van der Waals surface area contributed by atoms with E-state index in [9.17, 15) is 9.70 Å². The minimum Gasteiger partial charge on any atom is -0.362 e. The zero-order valence-corrected chi connectivity index (χ0v) is 12.6. The van der Waals surface area contributed by atoms with Gasteiger partial charge in [0.05, 0.1) is 6.17 Å². The van der Waals surface area contributed by atoms with Crippen LogP contribution < -0.4 is 16.0 Å². The van der Waals surface area contributed by atoms with Gasteiger partial charge in [0.25, 0.3) is 5.91 Å². The molecule has 3 aliphatic rings. The Morgan fingerprint density at radius 2 is 2.32 bits per heavy atom. The van der Waals surface area contributed by atoms with E-state index in [2.05, 4.69) is 26.0 Å². The molecule has 2 atom stereocenters. The van der Waals surface area contributed by atoms with E-state index in [0.29, 0.717) is 24.7 Å². The number of nitrogens with one attached hydrogen (secondary N) is 3. The Morgan fingerprint density at radius 1 is 1.45 bits per heavy atom. The topological polar surface area (TPSA) is 85.8 Å². The van der Waals surface area contributed by atoms with Gasteiger partial charge in [-0.2, -0.15) is 4.91 Å². The van der Waals surface area contributed by atoms with Gasteiger partial charge in [0, 0.05) is 32.7 Å². The van der Waals surface area contributed by atoms with Gasteiger partial charge in [0.15, 0.2) is 0 Å². The predicted octanol–water partition coefficient (Wildman–Crippen LogP) is -0.0778. The summed E-state index contributed by atoms with van der Waals surface area (Å²) in [7, 11) is 0. The zero-order chi connectivity index (χ0) is 15.4. The molecule has 3 N–H and O–H groups in total. The molecule has 0 radical (unpaired) electrons. The average molecular weight is 305 g/mol. The highest BCUT2D eigenvalue weighted by molar-refractivity contribution is 5.93. The molecule has 0 aromatic carbocycles. The molecule has 7 nitrogen and oxygen atoms in total. The maximum atomic E-state index is 12.2. The first-order valence-electron chi connectivity index (χ1n) is 7.96. The van der Waals surface area contributed by atoms with Crippen LogP contribution in [0.4, 0.5) is 0 Å². The van der Waals surface area contributed by atoms with Gasteiger partial charge in [-0.25, -0.2) is 0 Å². The van der Waals surface area contributed by atoms with Gasteiger partial charge in [0.2, 0.25) is 0 Å². The van der Waals surface area contributed by atoms with Crippen LogP contribution in [0.3, 0.4) is 0 Å². The number of amides is 1. The largest absolute Gasteiger partial charge is 0.362 e. The maximum absolute atomic E-state index is 12.2. The summed E-state index contributed by atoms with van der Waals surface area (Å²) < 4.78 is 0. The van der Waals surface area contributed by atoms with Crippen LogP contribution in [0, 0.1) is 10.8 Å². The van der Waals surface area contributed by atoms with E-state index in [0.717, 1.165) is 19.6 Å². The number of hydrogen-bond donors (Lipinski definition) is 3. The second kappa shape index (κ2) is 7.02. The number of carbonyl (C=O) groups excluding carboxylic acids is 1. The van der Waals surface area contributed by atoms with Crippen molar-refractivity contribution in [3.63, 3.8) is 0 Å². The second-order valence-corrected chi connectivity index (χ2v) is 6.17. The molecule has 1 aliphatic carbocycles. The molecular weight excluding hydrogens is 282 g/mol. The van der Waals surface area contributed by atoms with Gasteiger partial charge in [-0.3, -0.25) is 9.69 Å². The van der Waals surface area contributed by atoms with Crippen molar-refractivity contribution in [3.05, 3.63) is 28.8 Å². The molecule has 1 saturated carbocycles. The van der Waals surface area contributed by atoms with Crippen LogP contribution >= 0.6 is 0 Å². The monoisotopic (exact) mass is 305 g/mol. The summed E-state index contributed by atoms with van der Waals surface area (Å²) >= 11 is 0. The SMILES string of the molecule is O=NC1CNCCN(C2C=CC=C(C(=O)NCC3CC3)N2)C1. The summed E-state index contributed by atoms with van der Waals surface area (Å²) in [5.41, 5.74) is 0.584. The van der Waals surface area contributed by atoms with Crippen LogP contribution in [0.2, 0.25) is 0 Å². The van der Waals surface area contributed by atoms with E-state index in [1.807, 2.05) is 12.2 Å². The van der Waals surface area contributed by atoms with E-state index in [1.165, 1.54) is 12.8 Å². The van der Waals surface area contributed by atoms with Crippen LogP contribution in [-0.2, 0) is 4.79 Å². The standard InChI is InChI=1S/C15H23N5O2/c21-15(17-8-11-4-5-11)13-2-1-3-14(18-13)20-7-6-16-9-12(10-20)19-22/h1-3,11-12,14,16,18H,4-10H2,(H,17,21). The van der Waals surface area contributed by atoms with Gasteiger partial charge in [-0.1, -0.05) is 11.3 Å². The van der Waals surface area contributed by atoms with Gasteiger partial charge in [0.1, 0.15) is 11.7 Å². The molecule has 0 aromatic heterocycles. The minimum atomic E-state index is -0.254. The number of rotatable bonds is 5. The van der Waals surface area contributed by atoms with Crippen molar-refractivity contribution in [3.8, 4) is 0 Å². The minimum absolute atomic E-state index is 0.0562. The predicted molar refractivity (Wildman–Crippen MR) is 83.9 cm³/mol. The Morgan fingerprint density at radius 3 is 3.09 bits per heavy atom. The van der Waals surface area contributed by atoms with Crippen molar-refractivity contribution >= 4 is 5.91 Å². The molecule has 2 aliphatic heterocycles. The highest BCUT2D eigenvalue weighted by Gasteiger charge is 2.27. The van der Waals surface area contributed by atoms with Crippen LogP contribution in [0.5, 0.6) is 0 Å². The summed E-state index contributed by atoms with van der Waals surface area (Å²) in [5.74, 6) is 0.606. The van der Waals surface area contributed by atoms with Crippen LogP contribution in [0.25, 0.3) is 0 Å². The lowest BCUT2D eigenvalue weighted by Crippen LogP contribution is -2.50. The summed E-state index contributed by atoms with van der Waals surface area (Å²) in [5, 5.41) is 12.6. The molecule has 7 heteroatoms. The number of nitrogens with zero attached hydrogens (tertiary/aromatic N) is 2. The number of carbonyl (C=O) groups is 1. The molecule has 0 spiro atoms. The number of nitroso groups, excluding NO2 is 1. The molecule has 0 aromatic rings. The number of hydrogen-bond acceptors (Lipinski definition) is 6. The first kappa shape index (κ1) is 15.2. The van der Waals surface area contributed by atoms with Crippen molar-refractivity contribution in [2.75, 3.05) is 32.7 Å². The van der Waals surface area contributed by atoms with E-state index in [4.69, 9.17) is 0 Å². The highest BCUT2D eigenvalue weighted by atomic mass is 16.3. The number of dihydropyridines is 1. The van der Waals surface area contributed by atoms with E-state index >= 15 is 0 Å². The third kappa shape index (κ3) is 3.92. The zero-order valence-electron chi connectivity index (χ0n) is 12.6. The molecule has 2 unspecified atom stereocenters. The van der Waals surface area contributed by atoms with Crippen molar-refractivity contribution < 1.29 is 4.79 Å². The Bertz CT molecular complexity index is 486. The quantitative estimate of drug-likeness (QED) is 0.619. The molecule has 2 fully saturated rings. The molecule has 2 heterocycles. The molecule has 22 heavy (non-hydrogen) atoms. The normalized spacial score (nSPS) is 29.2. The Labute approximate surface area is 130 Å². The molecule has 1 amide bonds. The first-order chi connectivity index (χ1) is 10.8. The fraction of sp³-hybridized carbons (Fsp3) is 0.667. The Balaban J connectivity index is 1.56. The Hall–Kier alpha value is -1.73. The fourth-order valence-corrected chi connectivity index (χ4v) is 2.76. The van der Waals surface area contributed by atoms with Crippen LogP contribution in [-0.4, -0.2) is 55.7 Å². The first-order valence-corrected chi connectivity index (χ1v) is 7.96. The van der Waals surface area contributed by atoms with Gasteiger partial charge in [-0.15, -0.1) is 0 Å². The van der Waals surface area contributed by atoms with Crippen molar-refractivity contribution in [1.82, 2.24) is 20.9 Å². The lowest BCUT2D eigenvalue weighted by Gasteiger charge is -2.32. The molecule has 3 rings (SSSR count). The highest BCUT2D eigenvalue weighted by Crippen LogP contribution is 2.27. The third-order valence-corrected chi connectivity index (χ3v) is 4.30. The molecular formula is C15H23N5O2. The molecule has 0 bridgehead atoms. The van der Waals surface area contributed by atoms with Crippen molar-refractivity contribution in [2.45, 2.75) is 25.0 Å². The fourth-order valence-electron chi connectivity index (χ4n) is 2.76. The molecule has 1 saturated heterocycles. The van der Waals surface area contributed by atoms with Crippen LogP contribution in [0.15, 0.2) is 29.1 Å². The lowest BCUT2D eigenvalue weighted by atomic mass is 10.2. The Kier molecular flexibility index (Phi) is 4.84. The number of allylic oxidation sites excluding steroid dienone is 2. The van der Waals surface area contributed by atoms with Crippen LogP contribution in [0.1, 0.15) is 12.8 Å². The summed E-state index contributed by atoms with van der Waals surface area (Å²) in [4.78, 5) is 25.2. The lowest BCUT2D eigenvalue weighted by molar-refractivity contribution is -0.118. The second-order valence-electron chi connectivity index (χ2n) is 6.17. The van der Waals surface area contributed by atoms with Gasteiger partial charge >= 0.3 is 0 Å². The summed E-state index contributed by atoms with van der Waals surface area (Å²) in [6, 6.07) is -0.254. The van der Waals surface area contributed by atoms with E-state index in [1.54, 1.807) is 6.08 Å². The summed E-state index contributed by atoms with van der Waals surface area (Å²) in [6.45, 7) is 3.59. The van der Waals surface area contributed by atoms with E-state index < -0.39 is 0 Å². The molecule has 120 valence electrons. The van der Waals surface area contributed by atoms with Crippen molar-refractivity contribution in [2.24, 2.45) is 11.1 Å². The third-order valence-electron chi connectivity index (χ3n) is 4.30. The van der Waals surface area contributed by atoms with Gasteiger partial charge in [-0.05, 0) is 30.9 Å². The summed E-state index contributed by atoms with van der Waals surface area (Å²) in [6.07, 6.45) is 8.06. The van der Waals surface area contributed by atoms with Gasteiger partial charge < -0.3 is 16.0 Å². The maximum Gasteiger partial charge on any atom is 0.267 e. The smallest absolute Gasteiger partial charge is 0.267 e.